The fraction of sp³-hybridized carbons (Fsp3) is 0.650. The summed E-state index contributed by atoms with van der Waals surface area (Å²) in [5.41, 5.74) is 6.00. The molecular weight excluding hydrogens is 661 g/mol. The highest BCUT2D eigenvalue weighted by molar-refractivity contribution is 7.92. The predicted molar refractivity (Wildman–Crippen MR) is 211 cm³/mol. The minimum absolute atomic E-state index is 0.0456. The van der Waals surface area contributed by atoms with Gasteiger partial charge in [0.15, 0.2) is 0 Å². The number of imidazole rings is 2. The van der Waals surface area contributed by atoms with Crippen molar-refractivity contribution in [2.75, 3.05) is 55.9 Å². The van der Waals surface area contributed by atoms with Gasteiger partial charge in [-0.15, -0.1) is 0 Å². The van der Waals surface area contributed by atoms with Gasteiger partial charge < -0.3 is 23.9 Å². The molecule has 4 aromatic rings. The molecule has 2 aromatic carbocycles. The van der Waals surface area contributed by atoms with Crippen LogP contribution < -0.4 is 9.62 Å². The lowest BCUT2D eigenvalue weighted by molar-refractivity contribution is 0.0610. The topological polar surface area (TPSA) is 104 Å². The molecule has 0 unspecified atom stereocenters. The average molecular weight is 723 g/mol. The van der Waals surface area contributed by atoms with Crippen molar-refractivity contribution >= 4 is 43.5 Å². The third kappa shape index (κ3) is 9.45. The fourth-order valence-electron chi connectivity index (χ4n) is 7.11. The second kappa shape index (κ2) is 16.3. The van der Waals surface area contributed by atoms with Crippen LogP contribution in [0.5, 0.6) is 0 Å². The first kappa shape index (κ1) is 39.1. The van der Waals surface area contributed by atoms with Crippen LogP contribution in [0.3, 0.4) is 0 Å². The number of unbranched alkanes of at least 4 members (excludes halogenated alkanes) is 1. The van der Waals surface area contributed by atoms with Crippen LogP contribution >= 0.6 is 0 Å². The molecule has 0 aliphatic carbocycles. The largest absolute Gasteiger partial charge is 0.388 e. The number of hydrogen-bond acceptors (Lipinski definition) is 7. The van der Waals surface area contributed by atoms with Crippen LogP contribution in [0.25, 0.3) is 22.1 Å². The molecule has 1 N–H and O–H groups in total. The molecule has 0 amide bonds. The first-order valence-corrected chi connectivity index (χ1v) is 20.5. The van der Waals surface area contributed by atoms with E-state index in [1.54, 1.807) is 7.05 Å². The smallest absolute Gasteiger partial charge is 0.234 e. The molecule has 0 bridgehead atoms. The highest BCUT2D eigenvalue weighted by Gasteiger charge is 2.28. The number of rotatable bonds is 10. The van der Waals surface area contributed by atoms with Crippen molar-refractivity contribution in [3.63, 3.8) is 0 Å². The summed E-state index contributed by atoms with van der Waals surface area (Å²) in [5, 5.41) is 3.20. The lowest BCUT2D eigenvalue weighted by Crippen LogP contribution is -2.28. The van der Waals surface area contributed by atoms with Gasteiger partial charge in [0.2, 0.25) is 10.0 Å². The standard InChI is InChI=1S/C22H35N3O3S.C18H27N3O/c1-6-7-14-29(26,27)24(5)18-8-9-20-19(15-18)23-21(22(2,3)4)25(20)16-17-10-12-28-13-11-17;1-18(2,3)17-20-15-11-14(19-4)5-6-16(15)21(17)12-13-7-9-22-10-8-13/h8-9,15,17H,6-7,10-14,16H2,1-5H3;5-6,11,13,19H,7-10,12H2,1-4H3. The molecular formula is C40H62N6O4S. The van der Waals surface area contributed by atoms with Crippen molar-refractivity contribution in [1.82, 2.24) is 19.1 Å². The maximum Gasteiger partial charge on any atom is 0.234 e. The Morgan fingerprint density at radius 1 is 0.784 bits per heavy atom. The van der Waals surface area contributed by atoms with Crippen molar-refractivity contribution in [3.05, 3.63) is 48.0 Å². The Morgan fingerprint density at radius 3 is 1.71 bits per heavy atom. The van der Waals surface area contributed by atoms with Crippen molar-refractivity contribution in [2.24, 2.45) is 11.8 Å². The molecule has 11 heteroatoms. The van der Waals surface area contributed by atoms with Gasteiger partial charge in [0, 0.05) is 70.1 Å². The van der Waals surface area contributed by atoms with Crippen LogP contribution in [0, 0.1) is 11.8 Å². The van der Waals surface area contributed by atoms with Gasteiger partial charge in [-0.25, -0.2) is 18.4 Å². The van der Waals surface area contributed by atoms with Crippen LogP contribution in [0.4, 0.5) is 11.4 Å². The van der Waals surface area contributed by atoms with E-state index in [1.165, 1.54) is 15.6 Å². The molecule has 0 radical (unpaired) electrons. The Bertz CT molecular complexity index is 1860. The van der Waals surface area contributed by atoms with E-state index in [2.05, 4.69) is 74.2 Å². The molecule has 10 nitrogen and oxygen atoms in total. The monoisotopic (exact) mass is 722 g/mol. The number of ether oxygens (including phenoxy) is 2. The first-order chi connectivity index (χ1) is 24.1. The van der Waals surface area contributed by atoms with Gasteiger partial charge in [-0.3, -0.25) is 4.31 Å². The summed E-state index contributed by atoms with van der Waals surface area (Å²) in [4.78, 5) is 9.90. The summed E-state index contributed by atoms with van der Waals surface area (Å²) < 4.78 is 42.4. The second-order valence-corrected chi connectivity index (χ2v) is 18.6. The lowest BCUT2D eigenvalue weighted by Gasteiger charge is -2.26. The Kier molecular flexibility index (Phi) is 12.4. The van der Waals surface area contributed by atoms with Crippen LogP contribution in [0.1, 0.15) is 98.6 Å². The molecule has 2 aromatic heterocycles. The molecule has 2 fully saturated rings. The number of nitrogens with zero attached hydrogens (tertiary/aromatic N) is 5. The average Bonchev–Trinajstić information content (AvgIpc) is 3.66. The van der Waals surface area contributed by atoms with Gasteiger partial charge in [0.05, 0.1) is 33.5 Å². The number of fused-ring (bicyclic) bond motifs is 2. The van der Waals surface area contributed by atoms with E-state index in [1.807, 2.05) is 32.2 Å². The van der Waals surface area contributed by atoms with Crippen molar-refractivity contribution in [1.29, 1.82) is 0 Å². The van der Waals surface area contributed by atoms with E-state index >= 15 is 0 Å². The number of sulfonamides is 1. The zero-order chi connectivity index (χ0) is 37.0. The number of benzene rings is 2. The van der Waals surface area contributed by atoms with E-state index in [-0.39, 0.29) is 16.6 Å². The van der Waals surface area contributed by atoms with Gasteiger partial charge in [0.1, 0.15) is 11.6 Å². The summed E-state index contributed by atoms with van der Waals surface area (Å²) in [6, 6.07) is 12.3. The number of nitrogens with one attached hydrogen (secondary N) is 1. The molecule has 0 atom stereocenters. The number of anilines is 2. The van der Waals surface area contributed by atoms with Crippen LogP contribution in [-0.4, -0.2) is 73.8 Å². The van der Waals surface area contributed by atoms with Crippen LogP contribution in [0.2, 0.25) is 0 Å². The van der Waals surface area contributed by atoms with Gasteiger partial charge in [-0.05, 0) is 80.3 Å². The molecule has 2 aliphatic rings. The zero-order valence-electron chi connectivity index (χ0n) is 32.6. The summed E-state index contributed by atoms with van der Waals surface area (Å²) in [7, 11) is 0.270. The van der Waals surface area contributed by atoms with E-state index in [9.17, 15) is 8.42 Å². The number of hydrogen-bond donors (Lipinski definition) is 1. The van der Waals surface area contributed by atoms with Crippen molar-refractivity contribution < 1.29 is 17.9 Å². The maximum absolute atomic E-state index is 12.6. The summed E-state index contributed by atoms with van der Waals surface area (Å²) in [5.74, 6) is 3.67. The number of aromatic nitrogens is 4. The van der Waals surface area contributed by atoms with Gasteiger partial charge in [-0.2, -0.15) is 0 Å². The van der Waals surface area contributed by atoms with Gasteiger partial charge in [-0.1, -0.05) is 54.9 Å². The Hall–Kier alpha value is -3.15. The lowest BCUT2D eigenvalue weighted by atomic mass is 9.94. The Labute approximate surface area is 306 Å². The minimum Gasteiger partial charge on any atom is -0.388 e. The predicted octanol–water partition coefficient (Wildman–Crippen LogP) is 8.13. The molecule has 0 saturated carbocycles. The summed E-state index contributed by atoms with van der Waals surface area (Å²) >= 11 is 0. The molecule has 282 valence electrons. The normalized spacial score (nSPS) is 16.7. The molecule has 4 heterocycles. The third-order valence-corrected chi connectivity index (χ3v) is 12.1. The van der Waals surface area contributed by atoms with Crippen molar-refractivity contribution in [2.45, 2.75) is 111 Å². The molecule has 51 heavy (non-hydrogen) atoms. The van der Waals surface area contributed by atoms with E-state index in [0.29, 0.717) is 23.9 Å². The van der Waals surface area contributed by atoms with Crippen LogP contribution in [0.15, 0.2) is 36.4 Å². The SMILES string of the molecule is CCCCS(=O)(=O)N(C)c1ccc2c(c1)nc(C(C)(C)C)n2CC1CCOCC1.CNc1ccc2c(c1)nc(C(C)(C)C)n2CC1CCOCC1. The van der Waals surface area contributed by atoms with E-state index in [0.717, 1.165) is 99.7 Å². The zero-order valence-corrected chi connectivity index (χ0v) is 33.4. The molecule has 2 saturated heterocycles. The van der Waals surface area contributed by atoms with E-state index < -0.39 is 10.0 Å². The summed E-state index contributed by atoms with van der Waals surface area (Å²) in [6.07, 6.45) is 5.97. The minimum atomic E-state index is -3.31. The first-order valence-electron chi connectivity index (χ1n) is 18.9. The summed E-state index contributed by atoms with van der Waals surface area (Å²) in [6.45, 7) is 20.7. The highest BCUT2D eigenvalue weighted by Crippen LogP contribution is 2.33. The maximum atomic E-state index is 12.6. The van der Waals surface area contributed by atoms with Crippen LogP contribution in [-0.2, 0) is 43.4 Å². The van der Waals surface area contributed by atoms with Crippen molar-refractivity contribution in [3.8, 4) is 0 Å². The highest BCUT2D eigenvalue weighted by atomic mass is 32.2. The van der Waals surface area contributed by atoms with Gasteiger partial charge >= 0.3 is 0 Å². The second-order valence-electron chi connectivity index (χ2n) is 16.5. The molecule has 2 aliphatic heterocycles. The fourth-order valence-corrected chi connectivity index (χ4v) is 8.47. The van der Waals surface area contributed by atoms with Gasteiger partial charge in [0.25, 0.3) is 0 Å². The molecule has 0 spiro atoms. The third-order valence-electron chi connectivity index (χ3n) is 10.2. The molecule has 6 rings (SSSR count). The van der Waals surface area contributed by atoms with E-state index in [4.69, 9.17) is 19.4 Å². The quantitative estimate of drug-likeness (QED) is 0.176. The Morgan fingerprint density at radius 2 is 1.25 bits per heavy atom. The Balaban J connectivity index is 0.000000205.